The van der Waals surface area contributed by atoms with Crippen LogP contribution in [0, 0.1) is 0 Å². The number of hydrogen-bond donors (Lipinski definition) is 0. The zero-order valence-electron chi connectivity index (χ0n) is 4.81. The van der Waals surface area contributed by atoms with Gasteiger partial charge in [-0.15, -0.1) is 0 Å². The van der Waals surface area contributed by atoms with Crippen LogP contribution in [0.1, 0.15) is 13.3 Å². The van der Waals surface area contributed by atoms with Crippen LogP contribution in [0.4, 0.5) is 0 Å². The third-order valence-electron chi connectivity index (χ3n) is 1.25. The zero-order valence-corrected chi connectivity index (χ0v) is 4.81. The zero-order chi connectivity index (χ0) is 6.15. The predicted molar refractivity (Wildman–Crippen MR) is 29.3 cm³/mol. The largest absolute Gasteiger partial charge is 0.458 e. The highest BCUT2D eigenvalue weighted by molar-refractivity contribution is 5.75. The van der Waals surface area contributed by atoms with E-state index in [9.17, 15) is 4.79 Å². The Bertz CT molecular complexity index is 137. The van der Waals surface area contributed by atoms with Gasteiger partial charge in [0.05, 0.1) is 6.42 Å². The average Bonchev–Trinajstić information content (AvgIpc) is 1.85. The van der Waals surface area contributed by atoms with Crippen LogP contribution < -0.4 is 0 Å². The summed E-state index contributed by atoms with van der Waals surface area (Å²) >= 11 is 0. The van der Waals surface area contributed by atoms with E-state index in [-0.39, 0.29) is 12.1 Å². The molecule has 1 unspecified atom stereocenters. The molecular formula is C6H8O2. The highest BCUT2D eigenvalue weighted by Gasteiger charge is 2.22. The lowest BCUT2D eigenvalue weighted by molar-refractivity contribution is -0.140. The normalized spacial score (nSPS) is 28.4. The van der Waals surface area contributed by atoms with E-state index in [1.54, 1.807) is 0 Å². The van der Waals surface area contributed by atoms with Gasteiger partial charge in [0.25, 0.3) is 0 Å². The average molecular weight is 112 g/mol. The Labute approximate surface area is 48.1 Å². The number of hydrogen-bond acceptors (Lipinski definition) is 2. The molecule has 2 nitrogen and oxygen atoms in total. The highest BCUT2D eigenvalue weighted by Crippen LogP contribution is 2.17. The molecule has 0 bridgehead atoms. The lowest BCUT2D eigenvalue weighted by Crippen LogP contribution is -2.00. The minimum absolute atomic E-state index is 0.0532. The first-order valence-electron chi connectivity index (χ1n) is 2.57. The Hall–Kier alpha value is -0.790. The van der Waals surface area contributed by atoms with Gasteiger partial charge in [0.15, 0.2) is 0 Å². The summed E-state index contributed by atoms with van der Waals surface area (Å²) in [6, 6.07) is 0. The lowest BCUT2D eigenvalue weighted by atomic mass is 10.2. The fraction of sp³-hybridized carbons (Fsp3) is 0.500. The van der Waals surface area contributed by atoms with Gasteiger partial charge in [0, 0.05) is 0 Å². The molecule has 2 heteroatoms. The van der Waals surface area contributed by atoms with Crippen molar-refractivity contribution in [1.29, 1.82) is 0 Å². The molecule has 0 amide bonds. The SMILES string of the molecule is C=C1CC(=O)OC1C. The van der Waals surface area contributed by atoms with E-state index in [4.69, 9.17) is 4.74 Å². The van der Waals surface area contributed by atoms with E-state index < -0.39 is 0 Å². The molecule has 0 aromatic rings. The minimum Gasteiger partial charge on any atom is -0.458 e. The maximum absolute atomic E-state index is 10.4. The van der Waals surface area contributed by atoms with Gasteiger partial charge in [-0.1, -0.05) is 6.58 Å². The standard InChI is InChI=1S/C6H8O2/c1-4-3-6(7)8-5(4)2/h5H,1,3H2,2H3. The number of esters is 1. The van der Waals surface area contributed by atoms with Crippen LogP contribution in [-0.4, -0.2) is 12.1 Å². The summed E-state index contributed by atoms with van der Waals surface area (Å²) in [4.78, 5) is 10.4. The summed E-state index contributed by atoms with van der Waals surface area (Å²) in [5.41, 5.74) is 0.884. The van der Waals surface area contributed by atoms with Crippen LogP contribution in [0.5, 0.6) is 0 Å². The number of ether oxygens (including phenoxy) is 1. The van der Waals surface area contributed by atoms with Crippen molar-refractivity contribution in [2.24, 2.45) is 0 Å². The molecule has 0 aromatic heterocycles. The second-order valence-electron chi connectivity index (χ2n) is 1.97. The number of rotatable bonds is 0. The second-order valence-corrected chi connectivity index (χ2v) is 1.97. The smallest absolute Gasteiger partial charge is 0.310 e. The molecule has 0 saturated carbocycles. The van der Waals surface area contributed by atoms with Crippen molar-refractivity contribution >= 4 is 5.97 Å². The maximum atomic E-state index is 10.4. The van der Waals surface area contributed by atoms with Gasteiger partial charge in [0.1, 0.15) is 6.10 Å². The number of carbonyl (C=O) groups excluding carboxylic acids is 1. The second kappa shape index (κ2) is 1.62. The Morgan fingerprint density at radius 2 is 2.50 bits per heavy atom. The molecule has 1 heterocycles. The van der Waals surface area contributed by atoms with Crippen molar-refractivity contribution in [2.45, 2.75) is 19.4 Å². The Morgan fingerprint density at radius 1 is 1.88 bits per heavy atom. The predicted octanol–water partition coefficient (Wildman–Crippen LogP) is 0.878. The third kappa shape index (κ3) is 0.735. The van der Waals surface area contributed by atoms with Gasteiger partial charge in [-0.05, 0) is 12.5 Å². The van der Waals surface area contributed by atoms with Crippen molar-refractivity contribution in [3.05, 3.63) is 12.2 Å². The first kappa shape index (κ1) is 5.35. The molecule has 1 fully saturated rings. The monoisotopic (exact) mass is 112 g/mol. The summed E-state index contributed by atoms with van der Waals surface area (Å²) in [5, 5.41) is 0. The third-order valence-corrected chi connectivity index (χ3v) is 1.25. The van der Waals surface area contributed by atoms with Crippen molar-refractivity contribution in [3.63, 3.8) is 0 Å². The molecule has 1 saturated heterocycles. The molecule has 44 valence electrons. The van der Waals surface area contributed by atoms with Crippen LogP contribution in [0.2, 0.25) is 0 Å². The van der Waals surface area contributed by atoms with E-state index in [2.05, 4.69) is 6.58 Å². The minimum atomic E-state index is -0.150. The summed E-state index contributed by atoms with van der Waals surface area (Å²) in [5.74, 6) is -0.150. The summed E-state index contributed by atoms with van der Waals surface area (Å²) in [6.07, 6.45) is 0.351. The van der Waals surface area contributed by atoms with Crippen molar-refractivity contribution in [2.75, 3.05) is 0 Å². The summed E-state index contributed by atoms with van der Waals surface area (Å²) in [7, 11) is 0. The quantitative estimate of drug-likeness (QED) is 0.343. The van der Waals surface area contributed by atoms with Crippen molar-refractivity contribution in [1.82, 2.24) is 0 Å². The topological polar surface area (TPSA) is 26.3 Å². The lowest BCUT2D eigenvalue weighted by Gasteiger charge is -1.98. The molecule has 0 radical (unpaired) electrons. The molecule has 8 heavy (non-hydrogen) atoms. The van der Waals surface area contributed by atoms with E-state index in [1.165, 1.54) is 0 Å². The van der Waals surface area contributed by atoms with E-state index in [1.807, 2.05) is 6.92 Å². The molecular weight excluding hydrogens is 104 g/mol. The molecule has 0 aromatic carbocycles. The van der Waals surface area contributed by atoms with Gasteiger partial charge in [-0.25, -0.2) is 0 Å². The first-order valence-corrected chi connectivity index (χ1v) is 2.57. The van der Waals surface area contributed by atoms with Crippen LogP contribution in [-0.2, 0) is 9.53 Å². The van der Waals surface area contributed by atoms with E-state index in [0.29, 0.717) is 6.42 Å². The van der Waals surface area contributed by atoms with Gasteiger partial charge in [-0.3, -0.25) is 4.79 Å². The molecule has 0 spiro atoms. The molecule has 0 N–H and O–H groups in total. The highest BCUT2D eigenvalue weighted by atomic mass is 16.5. The van der Waals surface area contributed by atoms with Crippen LogP contribution >= 0.6 is 0 Å². The summed E-state index contributed by atoms with van der Waals surface area (Å²) < 4.78 is 4.73. The molecule has 1 rings (SSSR count). The fourth-order valence-electron chi connectivity index (χ4n) is 0.651. The fourth-order valence-corrected chi connectivity index (χ4v) is 0.651. The van der Waals surface area contributed by atoms with Crippen LogP contribution in [0.3, 0.4) is 0 Å². The summed E-state index contributed by atoms with van der Waals surface area (Å²) in [6.45, 7) is 5.47. The Balaban J connectivity index is 2.64. The van der Waals surface area contributed by atoms with E-state index in [0.717, 1.165) is 5.57 Å². The van der Waals surface area contributed by atoms with Gasteiger partial charge in [-0.2, -0.15) is 0 Å². The maximum Gasteiger partial charge on any atom is 0.310 e. The van der Waals surface area contributed by atoms with Gasteiger partial charge in [0.2, 0.25) is 0 Å². The van der Waals surface area contributed by atoms with Gasteiger partial charge >= 0.3 is 5.97 Å². The first-order chi connectivity index (χ1) is 3.70. The van der Waals surface area contributed by atoms with Crippen LogP contribution in [0.15, 0.2) is 12.2 Å². The molecule has 1 aliphatic rings. The Kier molecular flexibility index (Phi) is 1.08. The van der Waals surface area contributed by atoms with Crippen LogP contribution in [0.25, 0.3) is 0 Å². The number of carbonyl (C=O) groups is 1. The van der Waals surface area contributed by atoms with Crippen molar-refractivity contribution < 1.29 is 9.53 Å². The Morgan fingerprint density at radius 3 is 2.62 bits per heavy atom. The van der Waals surface area contributed by atoms with E-state index >= 15 is 0 Å². The van der Waals surface area contributed by atoms with Gasteiger partial charge < -0.3 is 4.74 Å². The van der Waals surface area contributed by atoms with Crippen molar-refractivity contribution in [3.8, 4) is 0 Å². The molecule has 1 aliphatic heterocycles. The molecule has 1 atom stereocenters. The molecule has 0 aliphatic carbocycles. The number of cyclic esters (lactones) is 1.